The minimum absolute atomic E-state index is 0.00248. The molecule has 2 heterocycles. The Morgan fingerprint density at radius 2 is 2.00 bits per heavy atom. The van der Waals surface area contributed by atoms with E-state index in [-0.39, 0.29) is 30.0 Å². The van der Waals surface area contributed by atoms with Gasteiger partial charge >= 0.3 is 12.1 Å². The highest BCUT2D eigenvalue weighted by molar-refractivity contribution is 7.89. The number of benzene rings is 1. The van der Waals surface area contributed by atoms with E-state index in [1.54, 1.807) is 31.2 Å². The summed E-state index contributed by atoms with van der Waals surface area (Å²) in [5.74, 6) is -0.964. The van der Waals surface area contributed by atoms with Gasteiger partial charge in [-0.25, -0.2) is 18.1 Å². The molecule has 1 N–H and O–H groups in total. The molecular formula is C18H21F3N2O5S. The predicted molar refractivity (Wildman–Crippen MR) is 97.7 cm³/mol. The van der Waals surface area contributed by atoms with Gasteiger partial charge in [0.1, 0.15) is 17.7 Å². The van der Waals surface area contributed by atoms with Gasteiger partial charge in [0.2, 0.25) is 10.0 Å². The first-order valence-electron chi connectivity index (χ1n) is 9.01. The van der Waals surface area contributed by atoms with Crippen LogP contribution < -0.4 is 9.46 Å². The lowest BCUT2D eigenvalue weighted by molar-refractivity contribution is -0.157. The van der Waals surface area contributed by atoms with Crippen LogP contribution in [-0.2, 0) is 20.9 Å². The lowest BCUT2D eigenvalue weighted by atomic mass is 9.98. The van der Waals surface area contributed by atoms with Crippen molar-refractivity contribution in [2.24, 2.45) is 5.92 Å². The third-order valence-electron chi connectivity index (χ3n) is 4.55. The lowest BCUT2D eigenvalue weighted by Crippen LogP contribution is -2.47. The molecule has 0 aliphatic carbocycles. The minimum atomic E-state index is -4.64. The fraction of sp³-hybridized carbons (Fsp3) is 0.500. The van der Waals surface area contributed by atoms with Crippen LogP contribution in [0.15, 0.2) is 34.9 Å². The van der Waals surface area contributed by atoms with E-state index in [9.17, 15) is 21.6 Å². The standard InChI is InChI=1S/C18H21F3N2O5S/c1-2-29(24,25)23-15-7-8-26-9-13(15)10-27-14-5-3-12(4-6-14)16-11-28-17(22-16)18(19,20)21/h3-6,11,13,15,23H,2,7-10H2,1H3. The molecule has 1 aromatic carbocycles. The number of nitrogens with zero attached hydrogens (tertiary/aromatic N) is 1. The first-order valence-corrected chi connectivity index (χ1v) is 10.7. The molecule has 29 heavy (non-hydrogen) atoms. The zero-order valence-electron chi connectivity index (χ0n) is 15.6. The summed E-state index contributed by atoms with van der Waals surface area (Å²) >= 11 is 0. The van der Waals surface area contributed by atoms with Crippen LogP contribution in [0.1, 0.15) is 19.2 Å². The monoisotopic (exact) mass is 434 g/mol. The number of ether oxygens (including phenoxy) is 2. The normalized spacial score (nSPS) is 20.6. The number of alkyl halides is 3. The summed E-state index contributed by atoms with van der Waals surface area (Å²) in [7, 11) is -3.34. The fourth-order valence-corrected chi connectivity index (χ4v) is 3.83. The van der Waals surface area contributed by atoms with Gasteiger partial charge in [0.15, 0.2) is 0 Å². The van der Waals surface area contributed by atoms with Crippen LogP contribution in [0.2, 0.25) is 0 Å². The zero-order valence-corrected chi connectivity index (χ0v) is 16.4. The average molecular weight is 434 g/mol. The third-order valence-corrected chi connectivity index (χ3v) is 5.97. The maximum absolute atomic E-state index is 12.6. The SMILES string of the molecule is CCS(=O)(=O)NC1CCOCC1COc1ccc(-c2coc(C(F)(F)F)n2)cc1. The molecule has 2 atom stereocenters. The lowest BCUT2D eigenvalue weighted by Gasteiger charge is -2.31. The van der Waals surface area contributed by atoms with Gasteiger partial charge in [-0.3, -0.25) is 0 Å². The van der Waals surface area contributed by atoms with Crippen molar-refractivity contribution in [3.63, 3.8) is 0 Å². The van der Waals surface area contributed by atoms with Crippen molar-refractivity contribution in [2.45, 2.75) is 25.6 Å². The number of nitrogens with one attached hydrogen (secondary N) is 1. The van der Waals surface area contributed by atoms with Crippen LogP contribution >= 0.6 is 0 Å². The summed E-state index contributed by atoms with van der Waals surface area (Å²) in [6.07, 6.45) is -3.14. The molecule has 1 aromatic heterocycles. The number of hydrogen-bond donors (Lipinski definition) is 1. The van der Waals surface area contributed by atoms with Crippen molar-refractivity contribution in [1.29, 1.82) is 0 Å². The Hall–Kier alpha value is -2.11. The number of aromatic nitrogens is 1. The quantitative estimate of drug-likeness (QED) is 0.720. The molecule has 0 radical (unpaired) electrons. The van der Waals surface area contributed by atoms with Crippen molar-refractivity contribution >= 4 is 10.0 Å². The highest BCUT2D eigenvalue weighted by Crippen LogP contribution is 2.31. The van der Waals surface area contributed by atoms with Gasteiger partial charge in [-0.1, -0.05) is 0 Å². The second-order valence-electron chi connectivity index (χ2n) is 6.62. The number of oxazole rings is 1. The van der Waals surface area contributed by atoms with Crippen LogP contribution in [0.4, 0.5) is 13.2 Å². The molecule has 1 aliphatic rings. The molecule has 1 aliphatic heterocycles. The Morgan fingerprint density at radius 1 is 1.28 bits per heavy atom. The molecule has 0 bridgehead atoms. The molecular weight excluding hydrogens is 413 g/mol. The molecule has 1 fully saturated rings. The molecule has 1 saturated heterocycles. The highest BCUT2D eigenvalue weighted by Gasteiger charge is 2.37. The first-order chi connectivity index (χ1) is 13.7. The Bertz CT molecular complexity index is 912. The fourth-order valence-electron chi connectivity index (χ4n) is 2.89. The summed E-state index contributed by atoms with van der Waals surface area (Å²) in [5.41, 5.74) is 0.518. The molecule has 11 heteroatoms. The van der Waals surface area contributed by atoms with E-state index >= 15 is 0 Å². The van der Waals surface area contributed by atoms with E-state index in [0.29, 0.717) is 30.9 Å². The average Bonchev–Trinajstić information content (AvgIpc) is 3.18. The van der Waals surface area contributed by atoms with Crippen LogP contribution in [0.25, 0.3) is 11.3 Å². The summed E-state index contributed by atoms with van der Waals surface area (Å²) in [4.78, 5) is 3.44. The summed E-state index contributed by atoms with van der Waals surface area (Å²) in [6, 6.07) is 6.08. The smallest absolute Gasteiger partial charge is 0.468 e. The van der Waals surface area contributed by atoms with Crippen molar-refractivity contribution < 1.29 is 35.5 Å². The van der Waals surface area contributed by atoms with Crippen molar-refractivity contribution in [3.05, 3.63) is 36.4 Å². The van der Waals surface area contributed by atoms with Gasteiger partial charge in [-0.15, -0.1) is 0 Å². The van der Waals surface area contributed by atoms with Crippen molar-refractivity contribution in [3.8, 4) is 17.0 Å². The molecule has 3 rings (SSSR count). The van der Waals surface area contributed by atoms with E-state index in [1.807, 2.05) is 0 Å². The molecule has 0 spiro atoms. The largest absolute Gasteiger partial charge is 0.493 e. The van der Waals surface area contributed by atoms with Crippen molar-refractivity contribution in [1.82, 2.24) is 9.71 Å². The topological polar surface area (TPSA) is 90.7 Å². The summed E-state index contributed by atoms with van der Waals surface area (Å²) in [5, 5.41) is 0. The van der Waals surface area contributed by atoms with Gasteiger partial charge < -0.3 is 13.9 Å². The second kappa shape index (κ2) is 8.72. The zero-order chi connectivity index (χ0) is 21.1. The molecule has 160 valence electrons. The molecule has 0 amide bonds. The van der Waals surface area contributed by atoms with Gasteiger partial charge in [0.25, 0.3) is 0 Å². The summed E-state index contributed by atoms with van der Waals surface area (Å²) in [6.45, 7) is 2.65. The van der Waals surface area contributed by atoms with Gasteiger partial charge in [0.05, 0.1) is 19.0 Å². The molecule has 2 unspecified atom stereocenters. The van der Waals surface area contributed by atoms with Gasteiger partial charge in [-0.05, 0) is 37.6 Å². The van der Waals surface area contributed by atoms with Gasteiger partial charge in [0, 0.05) is 24.1 Å². The molecule has 7 nitrogen and oxygen atoms in total. The maximum atomic E-state index is 12.6. The van der Waals surface area contributed by atoms with Gasteiger partial charge in [-0.2, -0.15) is 13.2 Å². The van der Waals surface area contributed by atoms with E-state index in [1.165, 1.54) is 0 Å². The number of rotatable bonds is 7. The van der Waals surface area contributed by atoms with E-state index < -0.39 is 22.1 Å². The molecule has 2 aromatic rings. The number of halogens is 3. The summed E-state index contributed by atoms with van der Waals surface area (Å²) < 4.78 is 79.8. The molecule has 0 saturated carbocycles. The predicted octanol–water partition coefficient (Wildman–Crippen LogP) is 3.08. The second-order valence-corrected chi connectivity index (χ2v) is 8.67. The van der Waals surface area contributed by atoms with Crippen LogP contribution in [0.5, 0.6) is 5.75 Å². The highest BCUT2D eigenvalue weighted by atomic mass is 32.2. The third kappa shape index (κ3) is 5.71. The van der Waals surface area contributed by atoms with E-state index in [2.05, 4.69) is 14.1 Å². The van der Waals surface area contributed by atoms with Crippen LogP contribution in [0.3, 0.4) is 0 Å². The Balaban J connectivity index is 1.61. The Morgan fingerprint density at radius 3 is 2.62 bits per heavy atom. The Labute approximate surface area is 166 Å². The van der Waals surface area contributed by atoms with Crippen LogP contribution in [0, 0.1) is 5.92 Å². The van der Waals surface area contributed by atoms with E-state index in [0.717, 1.165) is 6.26 Å². The minimum Gasteiger partial charge on any atom is -0.493 e. The number of hydrogen-bond acceptors (Lipinski definition) is 6. The Kier molecular flexibility index (Phi) is 6.49. The number of sulfonamides is 1. The first kappa shape index (κ1) is 21.6. The van der Waals surface area contributed by atoms with Crippen LogP contribution in [-0.4, -0.2) is 45.0 Å². The van der Waals surface area contributed by atoms with Crippen molar-refractivity contribution in [2.75, 3.05) is 25.6 Å². The maximum Gasteiger partial charge on any atom is 0.468 e. The van der Waals surface area contributed by atoms with E-state index in [4.69, 9.17) is 9.47 Å².